The molecule has 0 bridgehead atoms. The molecule has 1 fully saturated rings. The van der Waals surface area contributed by atoms with Gasteiger partial charge in [0.25, 0.3) is 0 Å². The van der Waals surface area contributed by atoms with Crippen molar-refractivity contribution < 1.29 is 26.4 Å². The van der Waals surface area contributed by atoms with Crippen LogP contribution in [0.15, 0.2) is 41.3 Å². The second-order valence-corrected chi connectivity index (χ2v) is 12.7. The Balaban J connectivity index is 1.58. The lowest BCUT2D eigenvalue weighted by Crippen LogP contribution is -2.57. The largest absolute Gasteiger partial charge is 0.390 e. The summed E-state index contributed by atoms with van der Waals surface area (Å²) < 4.78 is 63.2. The number of piperidine rings is 1. The number of halogens is 3. The molecule has 1 aromatic heterocycles. The molecule has 2 aliphatic rings. The van der Waals surface area contributed by atoms with Crippen LogP contribution in [0.25, 0.3) is 0 Å². The van der Waals surface area contributed by atoms with Crippen molar-refractivity contribution in [3.8, 4) is 0 Å². The molecule has 1 N–H and O–H groups in total. The third kappa shape index (κ3) is 5.90. The van der Waals surface area contributed by atoms with Crippen molar-refractivity contribution in [3.63, 3.8) is 0 Å². The van der Waals surface area contributed by atoms with Crippen LogP contribution in [0, 0.1) is 0 Å². The van der Waals surface area contributed by atoms with Gasteiger partial charge in [-0.15, -0.1) is 0 Å². The van der Waals surface area contributed by atoms with E-state index in [2.05, 4.69) is 5.32 Å². The maximum Gasteiger partial charge on any atom is 0.390 e. The first-order valence-corrected chi connectivity index (χ1v) is 14.3. The first-order chi connectivity index (χ1) is 17.8. The predicted octanol–water partition coefficient (Wildman–Crippen LogP) is 4.60. The predicted molar refractivity (Wildman–Crippen MR) is 142 cm³/mol. The Morgan fingerprint density at radius 2 is 1.82 bits per heavy atom. The summed E-state index contributed by atoms with van der Waals surface area (Å²) in [5.74, 6) is 1.03. The molecule has 38 heavy (non-hydrogen) atoms. The fourth-order valence-corrected chi connectivity index (χ4v) is 6.13. The Labute approximate surface area is 221 Å². The number of nitrogens with one attached hydrogen (secondary N) is 1. The molecule has 0 unspecified atom stereocenters. The van der Waals surface area contributed by atoms with Gasteiger partial charge < -0.3 is 20.0 Å². The normalized spacial score (nSPS) is 19.7. The van der Waals surface area contributed by atoms with E-state index < -0.39 is 33.7 Å². The number of pyridine rings is 1. The highest BCUT2D eigenvalue weighted by atomic mass is 32.2. The summed E-state index contributed by atoms with van der Waals surface area (Å²) in [6, 6.07) is 9.56. The standard InChI is InChI=1S/C26H34F3N5O3S/c1-17(2)38(36,37)21-7-5-6-19(16-21)30-23-9-8-22-24(31-23)34(18(3)25(35)32(22)4)20-10-13-33(14-11-20)15-12-26(27,28)29/h5-9,16-18,20H,10-15H2,1-4H3,(H,30,31)/t18-/m1/s1. The second-order valence-electron chi connectivity index (χ2n) is 10.2. The van der Waals surface area contributed by atoms with E-state index in [1.54, 1.807) is 62.2 Å². The van der Waals surface area contributed by atoms with Crippen molar-refractivity contribution in [3.05, 3.63) is 36.4 Å². The van der Waals surface area contributed by atoms with E-state index in [1.165, 1.54) is 0 Å². The molecular formula is C26H34F3N5O3S. The Kier molecular flexibility index (Phi) is 7.94. The molecule has 12 heteroatoms. The number of alkyl halides is 3. The summed E-state index contributed by atoms with van der Waals surface area (Å²) in [5.41, 5.74) is 1.21. The molecule has 208 valence electrons. The summed E-state index contributed by atoms with van der Waals surface area (Å²) in [6.07, 6.45) is -3.78. The summed E-state index contributed by atoms with van der Waals surface area (Å²) in [5, 5.41) is 2.63. The first-order valence-electron chi connectivity index (χ1n) is 12.7. The van der Waals surface area contributed by atoms with Gasteiger partial charge in [-0.25, -0.2) is 13.4 Å². The van der Waals surface area contributed by atoms with Crippen molar-refractivity contribution in [1.82, 2.24) is 9.88 Å². The molecule has 0 aliphatic carbocycles. The van der Waals surface area contributed by atoms with Gasteiger partial charge in [-0.05, 0) is 63.9 Å². The van der Waals surface area contributed by atoms with Crippen molar-refractivity contribution in [2.45, 2.75) is 68.4 Å². The third-order valence-corrected chi connectivity index (χ3v) is 9.44. The number of benzene rings is 1. The highest BCUT2D eigenvalue weighted by Crippen LogP contribution is 2.38. The maximum atomic E-state index is 13.0. The number of likely N-dealkylation sites (tertiary alicyclic amines) is 1. The highest BCUT2D eigenvalue weighted by molar-refractivity contribution is 7.92. The first kappa shape index (κ1) is 28.2. The Bertz CT molecular complexity index is 1280. The molecular weight excluding hydrogens is 519 g/mol. The molecule has 1 atom stereocenters. The van der Waals surface area contributed by atoms with Gasteiger partial charge in [0.15, 0.2) is 15.7 Å². The second kappa shape index (κ2) is 10.7. The van der Waals surface area contributed by atoms with Gasteiger partial charge in [0, 0.05) is 38.4 Å². The van der Waals surface area contributed by atoms with Crippen LogP contribution >= 0.6 is 0 Å². The topological polar surface area (TPSA) is 85.9 Å². The van der Waals surface area contributed by atoms with Crippen LogP contribution in [0.2, 0.25) is 0 Å². The monoisotopic (exact) mass is 553 g/mol. The zero-order valence-corrected chi connectivity index (χ0v) is 22.8. The molecule has 8 nitrogen and oxygen atoms in total. The number of anilines is 4. The van der Waals surface area contributed by atoms with Crippen molar-refractivity contribution >= 4 is 38.8 Å². The Morgan fingerprint density at radius 3 is 2.45 bits per heavy atom. The number of hydrogen-bond acceptors (Lipinski definition) is 7. The molecule has 0 spiro atoms. The number of aromatic nitrogens is 1. The van der Waals surface area contributed by atoms with Gasteiger partial charge in [-0.1, -0.05) is 6.07 Å². The van der Waals surface area contributed by atoms with Crippen LogP contribution in [0.1, 0.15) is 40.0 Å². The van der Waals surface area contributed by atoms with Crippen molar-refractivity contribution in [2.24, 2.45) is 0 Å². The number of likely N-dealkylation sites (N-methyl/N-ethyl adjacent to an activating group) is 1. The van der Waals surface area contributed by atoms with Gasteiger partial charge in [-0.2, -0.15) is 13.2 Å². The third-order valence-electron chi connectivity index (χ3n) is 7.28. The highest BCUT2D eigenvalue weighted by Gasteiger charge is 2.40. The van der Waals surface area contributed by atoms with Crippen LogP contribution in [0.4, 0.5) is 36.2 Å². The van der Waals surface area contributed by atoms with Crippen LogP contribution in [0.5, 0.6) is 0 Å². The average Bonchev–Trinajstić information content (AvgIpc) is 2.86. The van der Waals surface area contributed by atoms with E-state index >= 15 is 0 Å². The van der Waals surface area contributed by atoms with Gasteiger partial charge in [-0.3, -0.25) is 4.79 Å². The summed E-state index contributed by atoms with van der Waals surface area (Å²) >= 11 is 0. The molecule has 3 heterocycles. The van der Waals surface area contributed by atoms with E-state index in [9.17, 15) is 26.4 Å². The Hall–Kier alpha value is -2.86. The lowest BCUT2D eigenvalue weighted by molar-refractivity contribution is -0.138. The van der Waals surface area contributed by atoms with E-state index in [0.717, 1.165) is 0 Å². The van der Waals surface area contributed by atoms with Gasteiger partial charge >= 0.3 is 6.18 Å². The molecule has 1 aromatic carbocycles. The minimum atomic E-state index is -4.18. The average molecular weight is 554 g/mol. The number of sulfone groups is 1. The minimum absolute atomic E-state index is 0.0259. The number of fused-ring (bicyclic) bond motifs is 1. The summed E-state index contributed by atoms with van der Waals surface area (Å²) in [4.78, 5) is 23.4. The van der Waals surface area contributed by atoms with Crippen LogP contribution < -0.4 is 15.1 Å². The number of carbonyl (C=O) groups is 1. The SMILES string of the molecule is CC(C)S(=O)(=O)c1cccc(Nc2ccc3c(n2)N(C2CCN(CCC(F)(F)F)CC2)[C@H](C)C(=O)N3C)c1. The number of amides is 1. The molecule has 0 radical (unpaired) electrons. The van der Waals surface area contributed by atoms with E-state index in [0.29, 0.717) is 48.9 Å². The fourth-order valence-electron chi connectivity index (χ4n) is 5.03. The molecule has 2 aromatic rings. The zero-order chi connectivity index (χ0) is 27.8. The van der Waals surface area contributed by atoms with Crippen LogP contribution in [0.3, 0.4) is 0 Å². The lowest BCUT2D eigenvalue weighted by atomic mass is 9.98. The minimum Gasteiger partial charge on any atom is -0.340 e. The van der Waals surface area contributed by atoms with Gasteiger partial charge in [0.2, 0.25) is 5.91 Å². The molecule has 1 saturated heterocycles. The van der Waals surface area contributed by atoms with E-state index in [-0.39, 0.29) is 23.4 Å². The fraction of sp³-hybridized carbons (Fsp3) is 0.538. The van der Waals surface area contributed by atoms with Crippen LogP contribution in [-0.2, 0) is 14.6 Å². The summed E-state index contributed by atoms with van der Waals surface area (Å²) in [6.45, 7) is 6.09. The van der Waals surface area contributed by atoms with Gasteiger partial charge in [0.05, 0.1) is 22.3 Å². The number of nitrogens with zero attached hydrogens (tertiary/aromatic N) is 4. The molecule has 0 saturated carbocycles. The zero-order valence-electron chi connectivity index (χ0n) is 22.0. The number of rotatable bonds is 7. The quantitative estimate of drug-likeness (QED) is 0.537. The van der Waals surface area contributed by atoms with Crippen molar-refractivity contribution in [2.75, 3.05) is 41.8 Å². The number of hydrogen-bond donors (Lipinski definition) is 1. The molecule has 1 amide bonds. The van der Waals surface area contributed by atoms with E-state index in [1.807, 2.05) is 16.7 Å². The summed E-state index contributed by atoms with van der Waals surface area (Å²) in [7, 11) is -1.75. The van der Waals surface area contributed by atoms with Crippen LogP contribution in [-0.4, -0.2) is 74.4 Å². The van der Waals surface area contributed by atoms with E-state index in [4.69, 9.17) is 4.98 Å². The van der Waals surface area contributed by atoms with Crippen molar-refractivity contribution in [1.29, 1.82) is 0 Å². The maximum absolute atomic E-state index is 13.0. The van der Waals surface area contributed by atoms with Gasteiger partial charge in [0.1, 0.15) is 11.9 Å². The lowest BCUT2D eigenvalue weighted by Gasteiger charge is -2.46. The number of carbonyl (C=O) groups excluding carboxylic acids is 1. The smallest absolute Gasteiger partial charge is 0.340 e. The molecule has 4 rings (SSSR count). The molecule has 2 aliphatic heterocycles. The Morgan fingerprint density at radius 1 is 1.13 bits per heavy atom.